The lowest BCUT2D eigenvalue weighted by molar-refractivity contribution is 1.19. The van der Waals surface area contributed by atoms with Gasteiger partial charge in [0.05, 0.1) is 11.0 Å². The molecule has 8 aromatic carbocycles. The van der Waals surface area contributed by atoms with Crippen LogP contribution in [0.3, 0.4) is 0 Å². The van der Waals surface area contributed by atoms with Crippen molar-refractivity contribution < 1.29 is 0 Å². The zero-order valence-electron chi connectivity index (χ0n) is 22.4. The van der Waals surface area contributed by atoms with E-state index in [9.17, 15) is 0 Å². The lowest BCUT2D eigenvalue weighted by atomic mass is 9.95. The number of nitrogens with zero attached hydrogens (tertiary/aromatic N) is 1. The molecule has 0 saturated carbocycles. The summed E-state index contributed by atoms with van der Waals surface area (Å²) in [5.41, 5.74) is 6.13. The monoisotopic (exact) mass is 519 g/mol. The first-order chi connectivity index (χ1) is 20.3. The summed E-state index contributed by atoms with van der Waals surface area (Å²) in [5.74, 6) is 0. The van der Waals surface area contributed by atoms with Crippen LogP contribution in [-0.4, -0.2) is 4.57 Å². The number of aromatic nitrogens is 1. The van der Waals surface area contributed by atoms with Crippen LogP contribution < -0.4 is 0 Å². The Morgan fingerprint density at radius 1 is 0.317 bits per heavy atom. The summed E-state index contributed by atoms with van der Waals surface area (Å²) in [6.07, 6.45) is 0. The highest BCUT2D eigenvalue weighted by Gasteiger charge is 2.15. The molecule has 0 unspecified atom stereocenters. The van der Waals surface area contributed by atoms with Crippen LogP contribution in [0.4, 0.5) is 0 Å². The summed E-state index contributed by atoms with van der Waals surface area (Å²) in [6, 6.07) is 55.7. The molecule has 9 aromatic rings. The molecule has 0 aliphatic heterocycles. The zero-order chi connectivity index (χ0) is 26.9. The van der Waals surface area contributed by atoms with E-state index < -0.39 is 0 Å². The van der Waals surface area contributed by atoms with Crippen LogP contribution >= 0.6 is 0 Å². The molecule has 0 aliphatic rings. The van der Waals surface area contributed by atoms with E-state index in [2.05, 4.69) is 156 Å². The third-order valence-corrected chi connectivity index (χ3v) is 8.72. The van der Waals surface area contributed by atoms with Gasteiger partial charge in [-0.3, -0.25) is 0 Å². The van der Waals surface area contributed by atoms with Crippen LogP contribution in [0.1, 0.15) is 0 Å². The maximum Gasteiger partial charge on any atom is 0.0547 e. The van der Waals surface area contributed by atoms with Gasteiger partial charge in [0.15, 0.2) is 0 Å². The molecule has 0 fully saturated rings. The van der Waals surface area contributed by atoms with Crippen LogP contribution in [0, 0.1) is 0 Å². The van der Waals surface area contributed by atoms with Crippen LogP contribution in [0.25, 0.3) is 81.7 Å². The van der Waals surface area contributed by atoms with E-state index in [0.29, 0.717) is 0 Å². The second-order valence-electron chi connectivity index (χ2n) is 11.0. The molecule has 0 radical (unpaired) electrons. The standard InChI is InChI=1S/C40H25N/c1-2-9-29-24-33(20-17-26(29)7-1)41-38-12-6-5-11-36(38)40-37-25-31(15-13-28(37)19-22-39(40)41)30-18-21-35-32(23-30)16-14-27-8-3-4-10-34(27)35/h1-25H. The SMILES string of the molecule is c1ccc2cc(-n3c4ccccc4c4c5cc(-c6ccc7c(ccc8ccccc87)c6)ccc5ccc43)ccc2c1. The van der Waals surface area contributed by atoms with Gasteiger partial charge in [-0.2, -0.15) is 0 Å². The highest BCUT2D eigenvalue weighted by atomic mass is 15.0. The number of rotatable bonds is 2. The molecule has 0 spiro atoms. The van der Waals surface area contributed by atoms with Crippen LogP contribution in [0.5, 0.6) is 0 Å². The second-order valence-corrected chi connectivity index (χ2v) is 11.0. The number of hydrogen-bond acceptors (Lipinski definition) is 0. The molecule has 1 nitrogen and oxygen atoms in total. The van der Waals surface area contributed by atoms with Gasteiger partial charge in [-0.1, -0.05) is 115 Å². The van der Waals surface area contributed by atoms with Crippen molar-refractivity contribution in [3.8, 4) is 16.8 Å². The number of fused-ring (bicyclic) bond motifs is 9. The van der Waals surface area contributed by atoms with Crippen LogP contribution in [-0.2, 0) is 0 Å². The summed E-state index contributed by atoms with van der Waals surface area (Å²) >= 11 is 0. The first-order valence-corrected chi connectivity index (χ1v) is 14.2. The lowest BCUT2D eigenvalue weighted by Gasteiger charge is -2.11. The third-order valence-electron chi connectivity index (χ3n) is 8.72. The van der Waals surface area contributed by atoms with Gasteiger partial charge in [-0.05, 0) is 90.6 Å². The Morgan fingerprint density at radius 2 is 0.927 bits per heavy atom. The maximum atomic E-state index is 2.42. The Bertz CT molecular complexity index is 2480. The molecule has 0 N–H and O–H groups in total. The van der Waals surface area contributed by atoms with Crippen molar-refractivity contribution in [2.24, 2.45) is 0 Å². The van der Waals surface area contributed by atoms with Gasteiger partial charge in [-0.25, -0.2) is 0 Å². The Morgan fingerprint density at radius 3 is 1.85 bits per heavy atom. The second kappa shape index (κ2) is 8.55. The average Bonchev–Trinajstić information content (AvgIpc) is 3.39. The Labute approximate surface area is 237 Å². The number of hydrogen-bond donors (Lipinski definition) is 0. The van der Waals surface area contributed by atoms with Crippen molar-refractivity contribution in [2.45, 2.75) is 0 Å². The fourth-order valence-electron chi connectivity index (χ4n) is 6.75. The number of para-hydroxylation sites is 1. The largest absolute Gasteiger partial charge is 0.309 e. The van der Waals surface area contributed by atoms with E-state index in [1.807, 2.05) is 0 Å². The molecule has 1 aromatic heterocycles. The van der Waals surface area contributed by atoms with E-state index in [1.165, 1.54) is 81.7 Å². The molecule has 190 valence electrons. The van der Waals surface area contributed by atoms with E-state index in [-0.39, 0.29) is 0 Å². The normalized spacial score (nSPS) is 11.9. The molecule has 41 heavy (non-hydrogen) atoms. The van der Waals surface area contributed by atoms with E-state index in [4.69, 9.17) is 0 Å². The molecule has 0 atom stereocenters. The van der Waals surface area contributed by atoms with Crippen molar-refractivity contribution in [1.82, 2.24) is 4.57 Å². The first-order valence-electron chi connectivity index (χ1n) is 14.2. The molecule has 1 heteroatoms. The zero-order valence-corrected chi connectivity index (χ0v) is 22.4. The summed E-state index contributed by atoms with van der Waals surface area (Å²) < 4.78 is 2.42. The van der Waals surface area contributed by atoms with Gasteiger partial charge >= 0.3 is 0 Å². The van der Waals surface area contributed by atoms with Gasteiger partial charge in [0, 0.05) is 16.5 Å². The van der Waals surface area contributed by atoms with Gasteiger partial charge in [0.25, 0.3) is 0 Å². The summed E-state index contributed by atoms with van der Waals surface area (Å²) in [7, 11) is 0. The predicted octanol–water partition coefficient (Wildman–Crippen LogP) is 11.1. The predicted molar refractivity (Wildman–Crippen MR) is 176 cm³/mol. The molecular weight excluding hydrogens is 494 g/mol. The molecule has 9 rings (SSSR count). The van der Waals surface area contributed by atoms with E-state index in [0.717, 1.165) is 0 Å². The summed E-state index contributed by atoms with van der Waals surface area (Å²) in [6.45, 7) is 0. The Hall–Kier alpha value is -5.40. The minimum absolute atomic E-state index is 1.19. The topological polar surface area (TPSA) is 4.93 Å². The van der Waals surface area contributed by atoms with Gasteiger partial charge in [0.1, 0.15) is 0 Å². The molecule has 0 bridgehead atoms. The Kier molecular flexibility index (Phi) is 4.67. The number of benzene rings is 8. The van der Waals surface area contributed by atoms with E-state index >= 15 is 0 Å². The highest BCUT2D eigenvalue weighted by Crippen LogP contribution is 2.39. The van der Waals surface area contributed by atoms with Crippen molar-refractivity contribution in [3.63, 3.8) is 0 Å². The van der Waals surface area contributed by atoms with Crippen LogP contribution in [0.15, 0.2) is 152 Å². The van der Waals surface area contributed by atoms with Crippen molar-refractivity contribution >= 4 is 64.9 Å². The van der Waals surface area contributed by atoms with Crippen molar-refractivity contribution in [1.29, 1.82) is 0 Å². The summed E-state index contributed by atoms with van der Waals surface area (Å²) in [5, 5.41) is 12.8. The minimum Gasteiger partial charge on any atom is -0.309 e. The molecular formula is C40H25N. The van der Waals surface area contributed by atoms with Crippen LogP contribution in [0.2, 0.25) is 0 Å². The third kappa shape index (κ3) is 3.36. The van der Waals surface area contributed by atoms with E-state index in [1.54, 1.807) is 0 Å². The molecule has 1 heterocycles. The maximum absolute atomic E-state index is 2.42. The molecule has 0 saturated heterocycles. The minimum atomic E-state index is 1.19. The van der Waals surface area contributed by atoms with Gasteiger partial charge < -0.3 is 4.57 Å². The first kappa shape index (κ1) is 22.4. The van der Waals surface area contributed by atoms with Gasteiger partial charge in [0.2, 0.25) is 0 Å². The van der Waals surface area contributed by atoms with Gasteiger partial charge in [-0.15, -0.1) is 0 Å². The lowest BCUT2D eigenvalue weighted by Crippen LogP contribution is -1.93. The smallest absolute Gasteiger partial charge is 0.0547 e. The van der Waals surface area contributed by atoms with Crippen molar-refractivity contribution in [3.05, 3.63) is 152 Å². The highest BCUT2D eigenvalue weighted by molar-refractivity contribution is 6.22. The molecule has 0 aliphatic carbocycles. The summed E-state index contributed by atoms with van der Waals surface area (Å²) in [4.78, 5) is 0. The Balaban J connectivity index is 1.29. The fraction of sp³-hybridized carbons (Fsp3) is 0. The quantitative estimate of drug-likeness (QED) is 0.200. The fourth-order valence-corrected chi connectivity index (χ4v) is 6.75. The van der Waals surface area contributed by atoms with Crippen molar-refractivity contribution in [2.75, 3.05) is 0 Å². The molecule has 0 amide bonds. The average molecular weight is 520 g/mol.